The van der Waals surface area contributed by atoms with Crippen LogP contribution in [0.15, 0.2) is 0 Å². The zero-order valence-electron chi connectivity index (χ0n) is 13.1. The van der Waals surface area contributed by atoms with E-state index in [0.29, 0.717) is 0 Å². The molecule has 0 amide bonds. The Morgan fingerprint density at radius 2 is 0.786 bits per heavy atom. The minimum absolute atomic E-state index is 0. The zero-order valence-corrected chi connectivity index (χ0v) is 13.1. The molecule has 0 radical (unpaired) electrons. The van der Waals surface area contributed by atoms with E-state index in [1.807, 2.05) is 0 Å². The molecule has 0 saturated carbocycles. The van der Waals surface area contributed by atoms with Crippen molar-refractivity contribution >= 4 is 0 Å². The van der Waals surface area contributed by atoms with Crippen LogP contribution >= 0.6 is 0 Å². The van der Waals surface area contributed by atoms with E-state index in [4.69, 9.17) is 0 Å². The van der Waals surface area contributed by atoms with Gasteiger partial charge in [-0.05, 0) is 6.42 Å². The van der Waals surface area contributed by atoms with Gasteiger partial charge in [0.25, 0.3) is 5.60 Å². The second kappa shape index (κ2) is 8.30. The maximum absolute atomic E-state index is 13.4. The first kappa shape index (κ1) is 29.7. The fourth-order valence-electron chi connectivity index (χ4n) is 1.75. The topological polar surface area (TPSA) is 32.3 Å². The SMILES string of the molecule is [Li+].[O-]CCCOC(C(F)(F)C(F)(F)F)(C(F)(F)C(F)(F)F)C(F)(F)C(F)(F)F. The minimum atomic E-state index is -8.08. The summed E-state index contributed by atoms with van der Waals surface area (Å²) in [7, 11) is 0. The molecule has 0 aliphatic rings. The van der Waals surface area contributed by atoms with E-state index in [1.54, 1.807) is 0 Å². The van der Waals surface area contributed by atoms with Crippen molar-refractivity contribution in [1.29, 1.82) is 0 Å². The fraction of sp³-hybridized carbons (Fsp3) is 1.00. The first-order valence-electron chi connectivity index (χ1n) is 6.12. The summed E-state index contributed by atoms with van der Waals surface area (Å²) in [5.41, 5.74) is -7.82. The molecule has 0 fully saturated rings. The molecule has 0 saturated heterocycles. The van der Waals surface area contributed by atoms with Crippen molar-refractivity contribution in [2.24, 2.45) is 0 Å². The summed E-state index contributed by atoms with van der Waals surface area (Å²) in [6.45, 7) is -4.09. The summed E-state index contributed by atoms with van der Waals surface area (Å²) in [4.78, 5) is 0. The molecule has 2 nitrogen and oxygen atoms in total. The maximum atomic E-state index is 13.4. The van der Waals surface area contributed by atoms with Gasteiger partial charge >= 0.3 is 55.2 Å². The van der Waals surface area contributed by atoms with E-state index >= 15 is 0 Å². The van der Waals surface area contributed by atoms with Crippen LogP contribution in [-0.4, -0.2) is 55.1 Å². The second-order valence-electron chi connectivity index (χ2n) is 4.80. The Kier molecular flexibility index (Phi) is 8.80. The molecule has 164 valence electrons. The van der Waals surface area contributed by atoms with Crippen molar-refractivity contribution in [3.63, 3.8) is 0 Å². The summed E-state index contributed by atoms with van der Waals surface area (Å²) in [6.07, 6.45) is -24.9. The van der Waals surface area contributed by atoms with Gasteiger partial charge in [0.2, 0.25) is 0 Å². The molecule has 0 N–H and O–H groups in total. The van der Waals surface area contributed by atoms with Crippen molar-refractivity contribution in [1.82, 2.24) is 0 Å². The predicted octanol–water partition coefficient (Wildman–Crippen LogP) is 1.09. The molecular formula is C10H6F15LiO2. The van der Waals surface area contributed by atoms with Gasteiger partial charge < -0.3 is 9.84 Å². The maximum Gasteiger partial charge on any atom is 1.00 e. The van der Waals surface area contributed by atoms with Gasteiger partial charge in [0.05, 0.1) is 0 Å². The molecule has 18 heteroatoms. The van der Waals surface area contributed by atoms with Crippen molar-refractivity contribution < 1.29 is 94.6 Å². The number of alkyl halides is 15. The quantitative estimate of drug-likeness (QED) is 0.331. The summed E-state index contributed by atoms with van der Waals surface area (Å²) < 4.78 is 195. The third-order valence-corrected chi connectivity index (χ3v) is 3.00. The van der Waals surface area contributed by atoms with Crippen molar-refractivity contribution in [2.45, 2.75) is 48.3 Å². The van der Waals surface area contributed by atoms with Crippen LogP contribution in [-0.2, 0) is 4.74 Å². The molecule has 0 aromatic heterocycles. The normalized spacial score (nSPS) is 15.4. The molecular weight excluding hydrogens is 444 g/mol. The predicted molar refractivity (Wildman–Crippen MR) is 51.2 cm³/mol. The van der Waals surface area contributed by atoms with Crippen LogP contribution in [0.25, 0.3) is 0 Å². The zero-order chi connectivity index (χ0) is 22.3. The summed E-state index contributed by atoms with van der Waals surface area (Å²) >= 11 is 0. The third kappa shape index (κ3) is 4.31. The van der Waals surface area contributed by atoms with E-state index < -0.39 is 61.5 Å². The first-order chi connectivity index (χ1) is 11.6. The fourth-order valence-corrected chi connectivity index (χ4v) is 1.75. The summed E-state index contributed by atoms with van der Waals surface area (Å²) in [5, 5.41) is 10.0. The van der Waals surface area contributed by atoms with Gasteiger partial charge in [-0.15, -0.1) is 6.61 Å². The van der Waals surface area contributed by atoms with E-state index in [2.05, 4.69) is 4.74 Å². The van der Waals surface area contributed by atoms with Crippen molar-refractivity contribution in [3.05, 3.63) is 0 Å². The number of rotatable bonds is 7. The third-order valence-electron chi connectivity index (χ3n) is 3.00. The van der Waals surface area contributed by atoms with Gasteiger partial charge in [-0.1, -0.05) is 0 Å². The minimum Gasteiger partial charge on any atom is -0.854 e. The molecule has 0 atom stereocenters. The summed E-state index contributed by atoms with van der Waals surface area (Å²) in [5.74, 6) is -24.2. The van der Waals surface area contributed by atoms with E-state index in [-0.39, 0.29) is 18.9 Å². The van der Waals surface area contributed by atoms with Crippen molar-refractivity contribution in [2.75, 3.05) is 13.2 Å². The molecule has 0 aromatic carbocycles. The Hall–Kier alpha value is -0.533. The van der Waals surface area contributed by atoms with E-state index in [9.17, 15) is 71.0 Å². The van der Waals surface area contributed by atoms with Crippen LogP contribution < -0.4 is 24.0 Å². The summed E-state index contributed by atoms with van der Waals surface area (Å²) in [6, 6.07) is 0. The van der Waals surface area contributed by atoms with Crippen molar-refractivity contribution in [3.8, 4) is 0 Å². The van der Waals surface area contributed by atoms with Crippen LogP contribution in [0, 0.1) is 0 Å². The Morgan fingerprint density at radius 3 is 0.964 bits per heavy atom. The van der Waals surface area contributed by atoms with E-state index in [0.717, 1.165) is 0 Å². The van der Waals surface area contributed by atoms with Crippen LogP contribution in [0.2, 0.25) is 0 Å². The van der Waals surface area contributed by atoms with Crippen LogP contribution in [0.1, 0.15) is 6.42 Å². The molecule has 0 rings (SSSR count). The van der Waals surface area contributed by atoms with Crippen LogP contribution in [0.5, 0.6) is 0 Å². The Balaban J connectivity index is 0. The number of hydrogen-bond donors (Lipinski definition) is 0. The monoisotopic (exact) mass is 450 g/mol. The average molecular weight is 450 g/mol. The van der Waals surface area contributed by atoms with Gasteiger partial charge in [0, 0.05) is 6.61 Å². The van der Waals surface area contributed by atoms with Crippen LogP contribution in [0.4, 0.5) is 65.9 Å². The molecule has 0 unspecified atom stereocenters. The molecule has 0 aromatic rings. The van der Waals surface area contributed by atoms with E-state index in [1.165, 1.54) is 0 Å². The number of halogens is 15. The van der Waals surface area contributed by atoms with Gasteiger partial charge in [0.15, 0.2) is 0 Å². The number of hydrogen-bond acceptors (Lipinski definition) is 2. The van der Waals surface area contributed by atoms with Crippen LogP contribution in [0.3, 0.4) is 0 Å². The Morgan fingerprint density at radius 1 is 0.536 bits per heavy atom. The van der Waals surface area contributed by atoms with Gasteiger partial charge in [-0.25, -0.2) is 0 Å². The first-order valence-corrected chi connectivity index (χ1v) is 6.12. The molecule has 0 bridgehead atoms. The number of ether oxygens (including phenoxy) is 1. The molecule has 0 aliphatic carbocycles. The van der Waals surface area contributed by atoms with Gasteiger partial charge in [0.1, 0.15) is 0 Å². The standard InChI is InChI=1S/C10H6F15O2.Li/c11-5(12,8(17,18)19)4(27-3-1-2-26,6(13,14)9(20,21)22)7(15,16)10(23,24)25;/h1-3H2;/q-1;+1. The molecule has 0 spiro atoms. The Labute approximate surface area is 157 Å². The average Bonchev–Trinajstić information content (AvgIpc) is 2.38. The van der Waals surface area contributed by atoms with Gasteiger partial charge in [-0.2, -0.15) is 65.9 Å². The molecule has 0 heterocycles. The molecule has 28 heavy (non-hydrogen) atoms. The molecule has 0 aliphatic heterocycles. The van der Waals surface area contributed by atoms with Gasteiger partial charge in [-0.3, -0.25) is 0 Å². The Bertz CT molecular complexity index is 442. The largest absolute Gasteiger partial charge is 1.00 e. The smallest absolute Gasteiger partial charge is 0.854 e. The second-order valence-corrected chi connectivity index (χ2v) is 4.80.